The molecule has 2 aromatic carbocycles. The van der Waals surface area contributed by atoms with E-state index in [2.05, 4.69) is 32.2 Å². The number of ether oxygens (including phenoxy) is 1. The molecule has 0 spiro atoms. The maximum atomic E-state index is 15.1. The van der Waals surface area contributed by atoms with Gasteiger partial charge in [0.1, 0.15) is 5.82 Å². The van der Waals surface area contributed by atoms with Crippen molar-refractivity contribution in [3.8, 4) is 5.69 Å². The molecular formula is C28H29F2N7O2. The molecule has 0 unspecified atom stereocenters. The van der Waals surface area contributed by atoms with Crippen LogP contribution in [0.1, 0.15) is 0 Å². The smallest absolute Gasteiger partial charge is 0.247 e. The number of piperazine rings is 1. The van der Waals surface area contributed by atoms with Crippen molar-refractivity contribution in [3.05, 3.63) is 79.1 Å². The Labute approximate surface area is 224 Å². The third-order valence-electron chi connectivity index (χ3n) is 6.65. The van der Waals surface area contributed by atoms with Gasteiger partial charge in [0.2, 0.25) is 5.91 Å². The Morgan fingerprint density at radius 2 is 1.92 bits per heavy atom. The summed E-state index contributed by atoms with van der Waals surface area (Å²) in [7, 11) is 1.67. The molecule has 0 bridgehead atoms. The van der Waals surface area contributed by atoms with Gasteiger partial charge < -0.3 is 20.3 Å². The van der Waals surface area contributed by atoms with Gasteiger partial charge in [-0.1, -0.05) is 12.6 Å². The van der Waals surface area contributed by atoms with Crippen LogP contribution < -0.4 is 15.5 Å². The zero-order valence-electron chi connectivity index (χ0n) is 21.5. The summed E-state index contributed by atoms with van der Waals surface area (Å²) >= 11 is 0. The molecule has 0 radical (unpaired) electrons. The normalized spacial score (nSPS) is 14.0. The van der Waals surface area contributed by atoms with Crippen LogP contribution >= 0.6 is 0 Å². The summed E-state index contributed by atoms with van der Waals surface area (Å²) < 4.78 is 37.1. The second-order valence-electron chi connectivity index (χ2n) is 9.14. The standard InChI is InChI=1S/C28H29F2N7O2/c1-3-26(38)33-20-5-4-6-21(15-20)37-24-16-25(31-17-19(24)18-32-37)34-22-7-8-23(28(30)27(22)29)36-11-9-35(10-12-36)13-14-39-2/h3-8,15-18H,1,9-14H2,2H3,(H,31,34)(H,33,38). The number of aromatic nitrogens is 3. The van der Waals surface area contributed by atoms with E-state index in [4.69, 9.17) is 4.74 Å². The van der Waals surface area contributed by atoms with Gasteiger partial charge in [-0.05, 0) is 36.4 Å². The number of rotatable bonds is 9. The predicted molar refractivity (Wildman–Crippen MR) is 148 cm³/mol. The van der Waals surface area contributed by atoms with E-state index in [0.29, 0.717) is 42.4 Å². The van der Waals surface area contributed by atoms with Crippen molar-refractivity contribution in [2.24, 2.45) is 0 Å². The van der Waals surface area contributed by atoms with Crippen LogP contribution in [0.4, 0.5) is 31.7 Å². The molecule has 4 aromatic rings. The SMILES string of the molecule is C=CC(=O)Nc1cccc(-n2ncc3cnc(Nc4ccc(N5CCN(CCOC)CC5)c(F)c4F)cc32)c1. The average Bonchev–Trinajstić information content (AvgIpc) is 3.38. The van der Waals surface area contributed by atoms with Crippen LogP contribution in [0.25, 0.3) is 16.6 Å². The van der Waals surface area contributed by atoms with Crippen LogP contribution in [0.3, 0.4) is 0 Å². The summed E-state index contributed by atoms with van der Waals surface area (Å²) in [5.41, 5.74) is 2.22. The maximum absolute atomic E-state index is 15.1. The average molecular weight is 534 g/mol. The van der Waals surface area contributed by atoms with Gasteiger partial charge in [0, 0.05) is 63.2 Å². The third kappa shape index (κ3) is 5.74. The Kier molecular flexibility index (Phi) is 7.80. The number of amides is 1. The molecule has 1 fully saturated rings. The molecule has 2 aromatic heterocycles. The highest BCUT2D eigenvalue weighted by molar-refractivity contribution is 5.99. The Hall–Kier alpha value is -4.35. The van der Waals surface area contributed by atoms with Crippen LogP contribution in [0.5, 0.6) is 0 Å². The first kappa shape index (κ1) is 26.3. The molecule has 5 rings (SSSR count). The van der Waals surface area contributed by atoms with E-state index in [1.807, 2.05) is 11.0 Å². The molecule has 11 heteroatoms. The lowest BCUT2D eigenvalue weighted by molar-refractivity contribution is -0.111. The number of hydrogen-bond donors (Lipinski definition) is 2. The first-order valence-corrected chi connectivity index (χ1v) is 12.6. The second kappa shape index (κ2) is 11.6. The molecule has 3 heterocycles. The minimum atomic E-state index is -0.963. The van der Waals surface area contributed by atoms with Crippen LogP contribution in [0.2, 0.25) is 0 Å². The topological polar surface area (TPSA) is 87.5 Å². The van der Waals surface area contributed by atoms with Gasteiger partial charge in [0.05, 0.1) is 35.4 Å². The van der Waals surface area contributed by atoms with E-state index in [1.165, 1.54) is 12.1 Å². The number of methoxy groups -OCH3 is 1. The predicted octanol–water partition coefficient (Wildman–Crippen LogP) is 4.34. The molecule has 0 saturated carbocycles. The van der Waals surface area contributed by atoms with Crippen molar-refractivity contribution in [2.45, 2.75) is 0 Å². The molecular weight excluding hydrogens is 504 g/mol. The number of carbonyl (C=O) groups excluding carboxylic acids is 1. The highest BCUT2D eigenvalue weighted by Crippen LogP contribution is 2.30. The number of hydrogen-bond acceptors (Lipinski definition) is 7. The number of fused-ring (bicyclic) bond motifs is 1. The summed E-state index contributed by atoms with van der Waals surface area (Å²) in [6, 6.07) is 12.0. The van der Waals surface area contributed by atoms with E-state index in [-0.39, 0.29) is 17.3 Å². The van der Waals surface area contributed by atoms with Gasteiger partial charge >= 0.3 is 0 Å². The number of nitrogens with zero attached hydrogens (tertiary/aromatic N) is 5. The van der Waals surface area contributed by atoms with Crippen molar-refractivity contribution in [1.29, 1.82) is 0 Å². The van der Waals surface area contributed by atoms with Gasteiger partial charge in [0.25, 0.3) is 0 Å². The molecule has 0 aliphatic carbocycles. The fourth-order valence-corrected chi connectivity index (χ4v) is 4.55. The quantitative estimate of drug-likeness (QED) is 0.310. The molecule has 1 aliphatic heterocycles. The van der Waals surface area contributed by atoms with Crippen LogP contribution in [0.15, 0.2) is 67.5 Å². The van der Waals surface area contributed by atoms with Gasteiger partial charge in [-0.25, -0.2) is 18.4 Å². The summed E-state index contributed by atoms with van der Waals surface area (Å²) in [5.74, 6) is -1.85. The number of anilines is 4. The van der Waals surface area contributed by atoms with Crippen LogP contribution in [0, 0.1) is 11.6 Å². The summed E-state index contributed by atoms with van der Waals surface area (Å²) in [5, 5.41) is 10.8. The van der Waals surface area contributed by atoms with Crippen molar-refractivity contribution in [2.75, 3.05) is 62.0 Å². The molecule has 9 nitrogen and oxygen atoms in total. The van der Waals surface area contributed by atoms with Gasteiger partial charge in [0.15, 0.2) is 11.6 Å². The zero-order valence-corrected chi connectivity index (χ0v) is 21.5. The van der Waals surface area contributed by atoms with Crippen molar-refractivity contribution in [3.63, 3.8) is 0 Å². The Morgan fingerprint density at radius 1 is 1.10 bits per heavy atom. The number of pyridine rings is 1. The summed E-state index contributed by atoms with van der Waals surface area (Å²) in [6.07, 6.45) is 4.46. The highest BCUT2D eigenvalue weighted by atomic mass is 19.2. The van der Waals surface area contributed by atoms with Crippen LogP contribution in [-0.4, -0.2) is 72.0 Å². The molecule has 202 valence electrons. The number of halogens is 2. The molecule has 2 N–H and O–H groups in total. The van der Waals surface area contributed by atoms with E-state index >= 15 is 8.78 Å². The van der Waals surface area contributed by atoms with Crippen LogP contribution in [-0.2, 0) is 9.53 Å². The van der Waals surface area contributed by atoms with E-state index in [0.717, 1.165) is 25.0 Å². The molecule has 1 aliphatic rings. The second-order valence-corrected chi connectivity index (χ2v) is 9.14. The minimum absolute atomic E-state index is 0.0120. The van der Waals surface area contributed by atoms with E-state index < -0.39 is 11.6 Å². The van der Waals surface area contributed by atoms with Gasteiger partial charge in [-0.3, -0.25) is 9.69 Å². The fraction of sp³-hybridized carbons (Fsp3) is 0.250. The Bertz CT molecular complexity index is 1500. The van der Waals surface area contributed by atoms with Crippen molar-refractivity contribution in [1.82, 2.24) is 19.7 Å². The molecule has 0 atom stereocenters. The minimum Gasteiger partial charge on any atom is -0.383 e. The summed E-state index contributed by atoms with van der Waals surface area (Å²) in [4.78, 5) is 20.1. The first-order chi connectivity index (χ1) is 19.0. The zero-order chi connectivity index (χ0) is 27.4. The largest absolute Gasteiger partial charge is 0.383 e. The highest BCUT2D eigenvalue weighted by Gasteiger charge is 2.23. The van der Waals surface area contributed by atoms with Crippen molar-refractivity contribution < 1.29 is 18.3 Å². The third-order valence-corrected chi connectivity index (χ3v) is 6.65. The summed E-state index contributed by atoms with van der Waals surface area (Å²) in [6.45, 7) is 7.64. The number of carbonyl (C=O) groups is 1. The molecule has 39 heavy (non-hydrogen) atoms. The lowest BCUT2D eigenvalue weighted by atomic mass is 10.2. The maximum Gasteiger partial charge on any atom is 0.247 e. The van der Waals surface area contributed by atoms with Gasteiger partial charge in [-0.15, -0.1) is 0 Å². The van der Waals surface area contributed by atoms with Crippen molar-refractivity contribution >= 4 is 39.7 Å². The monoisotopic (exact) mass is 533 g/mol. The Morgan fingerprint density at radius 3 is 2.69 bits per heavy atom. The number of benzene rings is 2. The van der Waals surface area contributed by atoms with Gasteiger partial charge in [-0.2, -0.15) is 5.10 Å². The first-order valence-electron chi connectivity index (χ1n) is 12.6. The van der Waals surface area contributed by atoms with E-state index in [9.17, 15) is 4.79 Å². The number of nitrogens with one attached hydrogen (secondary N) is 2. The van der Waals surface area contributed by atoms with E-state index in [1.54, 1.807) is 54.5 Å². The lowest BCUT2D eigenvalue weighted by Gasteiger charge is -2.36. The molecule has 1 amide bonds. The molecule has 1 saturated heterocycles. The fourth-order valence-electron chi connectivity index (χ4n) is 4.55. The lowest BCUT2D eigenvalue weighted by Crippen LogP contribution is -2.47. The Balaban J connectivity index is 1.35.